The van der Waals surface area contributed by atoms with Gasteiger partial charge in [0.05, 0.1) is 11.9 Å². The predicted molar refractivity (Wildman–Crippen MR) is 141 cm³/mol. The van der Waals surface area contributed by atoms with E-state index in [-0.39, 0.29) is 18.5 Å². The molecule has 1 N–H and O–H groups in total. The maximum absolute atomic E-state index is 13.7. The first-order valence-corrected chi connectivity index (χ1v) is 14.6. The van der Waals surface area contributed by atoms with Crippen molar-refractivity contribution >= 4 is 27.5 Å². The van der Waals surface area contributed by atoms with E-state index < -0.39 is 28.5 Å². The molecule has 1 fully saturated rings. The summed E-state index contributed by atoms with van der Waals surface area (Å²) in [5.74, 6) is 0.233. The smallest absolute Gasteiger partial charge is 0.244 e. The Bertz CT molecular complexity index is 1200. The molecule has 1 aliphatic carbocycles. The van der Waals surface area contributed by atoms with Crippen molar-refractivity contribution < 1.29 is 27.5 Å². The molecule has 0 unspecified atom stereocenters. The van der Waals surface area contributed by atoms with Crippen molar-refractivity contribution in [3.8, 4) is 11.5 Å². The van der Waals surface area contributed by atoms with E-state index in [0.717, 1.165) is 41.8 Å². The first kappa shape index (κ1) is 26.8. The van der Waals surface area contributed by atoms with Gasteiger partial charge in [-0.05, 0) is 37.5 Å². The summed E-state index contributed by atoms with van der Waals surface area (Å²) in [6, 6.07) is 13.5. The molecule has 2 aromatic rings. The number of carbonyl (C=O) groups excluding carboxylic acids is 2. The molecule has 200 valence electrons. The number of rotatable bonds is 9. The Balaban J connectivity index is 1.57. The zero-order valence-electron chi connectivity index (χ0n) is 21.4. The molecule has 2 aliphatic rings. The minimum atomic E-state index is -3.83. The number of sulfonamides is 1. The monoisotopic (exact) mass is 529 g/mol. The van der Waals surface area contributed by atoms with Crippen LogP contribution in [0.2, 0.25) is 0 Å². The second-order valence-corrected chi connectivity index (χ2v) is 11.5. The maximum atomic E-state index is 13.7. The van der Waals surface area contributed by atoms with E-state index in [2.05, 4.69) is 5.32 Å². The SMILES string of the molecule is C[C@H](C(=O)NC1CCCCC1)N(Cc1ccccc1)C(=O)CN(c1ccc2c(c1)OCCO2)S(C)(=O)=O. The highest BCUT2D eigenvalue weighted by Crippen LogP contribution is 2.34. The molecule has 9 nitrogen and oxygen atoms in total. The average Bonchev–Trinajstić information content (AvgIpc) is 2.90. The van der Waals surface area contributed by atoms with Crippen LogP contribution in [-0.2, 0) is 26.2 Å². The lowest BCUT2D eigenvalue weighted by atomic mass is 9.95. The van der Waals surface area contributed by atoms with Gasteiger partial charge in [-0.1, -0.05) is 49.6 Å². The molecule has 0 spiro atoms. The molecule has 1 saturated carbocycles. The van der Waals surface area contributed by atoms with Gasteiger partial charge in [-0.3, -0.25) is 13.9 Å². The summed E-state index contributed by atoms with van der Waals surface area (Å²) in [5.41, 5.74) is 1.14. The highest BCUT2D eigenvalue weighted by Gasteiger charge is 2.31. The van der Waals surface area contributed by atoms with Gasteiger partial charge in [-0.2, -0.15) is 0 Å². The van der Waals surface area contributed by atoms with E-state index in [1.165, 1.54) is 11.3 Å². The summed E-state index contributed by atoms with van der Waals surface area (Å²) in [6.45, 7) is 2.18. The number of fused-ring (bicyclic) bond motifs is 1. The maximum Gasteiger partial charge on any atom is 0.244 e. The zero-order chi connectivity index (χ0) is 26.4. The predicted octanol–water partition coefficient (Wildman–Crippen LogP) is 3.09. The molecular formula is C27H35N3O6S. The lowest BCUT2D eigenvalue weighted by Crippen LogP contribution is -2.52. The molecule has 0 aromatic heterocycles. The Labute approximate surface area is 218 Å². The van der Waals surface area contributed by atoms with E-state index in [1.807, 2.05) is 30.3 Å². The molecule has 1 atom stereocenters. The summed E-state index contributed by atoms with van der Waals surface area (Å²) in [6.07, 6.45) is 6.23. The van der Waals surface area contributed by atoms with Crippen molar-refractivity contribution in [1.82, 2.24) is 10.2 Å². The van der Waals surface area contributed by atoms with E-state index in [0.29, 0.717) is 30.4 Å². The number of hydrogen-bond donors (Lipinski definition) is 1. The molecule has 1 heterocycles. The van der Waals surface area contributed by atoms with Gasteiger partial charge >= 0.3 is 0 Å². The Hall–Kier alpha value is -3.27. The van der Waals surface area contributed by atoms with Gasteiger partial charge in [0.25, 0.3) is 0 Å². The van der Waals surface area contributed by atoms with Gasteiger partial charge in [-0.25, -0.2) is 8.42 Å². The van der Waals surface area contributed by atoms with Crippen LogP contribution in [0.5, 0.6) is 11.5 Å². The van der Waals surface area contributed by atoms with Crippen LogP contribution in [0, 0.1) is 0 Å². The summed E-state index contributed by atoms with van der Waals surface area (Å²) in [5, 5.41) is 3.09. The molecular weight excluding hydrogens is 494 g/mol. The Morgan fingerprint density at radius 2 is 1.68 bits per heavy atom. The van der Waals surface area contributed by atoms with Crippen LogP contribution in [-0.4, -0.2) is 63.2 Å². The summed E-state index contributed by atoms with van der Waals surface area (Å²) < 4.78 is 37.8. The number of hydrogen-bond acceptors (Lipinski definition) is 6. The highest BCUT2D eigenvalue weighted by molar-refractivity contribution is 7.92. The Morgan fingerprint density at radius 1 is 1.00 bits per heavy atom. The molecule has 37 heavy (non-hydrogen) atoms. The number of carbonyl (C=O) groups is 2. The molecule has 10 heteroatoms. The van der Waals surface area contributed by atoms with Crippen molar-refractivity contribution in [2.75, 3.05) is 30.3 Å². The van der Waals surface area contributed by atoms with Crippen LogP contribution in [0.3, 0.4) is 0 Å². The van der Waals surface area contributed by atoms with E-state index >= 15 is 0 Å². The molecule has 2 aromatic carbocycles. The van der Waals surface area contributed by atoms with Gasteiger partial charge in [0.2, 0.25) is 21.8 Å². The summed E-state index contributed by atoms with van der Waals surface area (Å²) >= 11 is 0. The second-order valence-electron chi connectivity index (χ2n) is 9.62. The van der Waals surface area contributed by atoms with Crippen molar-refractivity contribution in [1.29, 1.82) is 0 Å². The second kappa shape index (κ2) is 11.9. The minimum absolute atomic E-state index is 0.0996. The van der Waals surface area contributed by atoms with Crippen LogP contribution in [0.25, 0.3) is 0 Å². The fourth-order valence-electron chi connectivity index (χ4n) is 4.73. The Kier molecular flexibility index (Phi) is 8.58. The summed E-state index contributed by atoms with van der Waals surface area (Å²) in [7, 11) is -3.83. The average molecular weight is 530 g/mol. The molecule has 4 rings (SSSR count). The quantitative estimate of drug-likeness (QED) is 0.535. The van der Waals surface area contributed by atoms with Crippen molar-refractivity contribution in [2.24, 2.45) is 0 Å². The number of anilines is 1. The number of nitrogens with zero attached hydrogens (tertiary/aromatic N) is 2. The van der Waals surface area contributed by atoms with Gasteiger partial charge < -0.3 is 19.7 Å². The van der Waals surface area contributed by atoms with E-state index in [4.69, 9.17) is 9.47 Å². The molecule has 0 radical (unpaired) electrons. The molecule has 0 bridgehead atoms. The van der Waals surface area contributed by atoms with Crippen LogP contribution >= 0.6 is 0 Å². The largest absolute Gasteiger partial charge is 0.486 e. The van der Waals surface area contributed by atoms with Crippen LogP contribution in [0.1, 0.15) is 44.6 Å². The topological polar surface area (TPSA) is 105 Å². The number of amides is 2. The number of nitrogens with one attached hydrogen (secondary N) is 1. The van der Waals surface area contributed by atoms with E-state index in [9.17, 15) is 18.0 Å². The van der Waals surface area contributed by atoms with Crippen LogP contribution in [0.15, 0.2) is 48.5 Å². The van der Waals surface area contributed by atoms with Crippen LogP contribution < -0.4 is 19.1 Å². The van der Waals surface area contributed by atoms with Gasteiger partial charge in [0.15, 0.2) is 11.5 Å². The third-order valence-corrected chi connectivity index (χ3v) is 7.95. The van der Waals surface area contributed by atoms with Crippen molar-refractivity contribution in [2.45, 2.75) is 57.7 Å². The molecule has 0 saturated heterocycles. The number of ether oxygens (including phenoxy) is 2. The fourth-order valence-corrected chi connectivity index (χ4v) is 5.57. The standard InChI is InChI=1S/C27H35N3O6S/c1-20(27(32)28-22-11-7-4-8-12-22)29(18-21-9-5-3-6-10-21)26(31)19-30(37(2,33)34)23-13-14-24-25(17-23)36-16-15-35-24/h3,5-6,9-10,13-14,17,20,22H,4,7-8,11-12,15-16,18-19H2,1-2H3,(H,28,32)/t20-/m1/s1. The minimum Gasteiger partial charge on any atom is -0.486 e. The number of benzene rings is 2. The normalized spacial score (nSPS) is 16.5. The fraction of sp³-hybridized carbons (Fsp3) is 0.481. The third-order valence-electron chi connectivity index (χ3n) is 6.81. The summed E-state index contributed by atoms with van der Waals surface area (Å²) in [4.78, 5) is 28.3. The first-order valence-electron chi connectivity index (χ1n) is 12.7. The lowest BCUT2D eigenvalue weighted by molar-refractivity contribution is -0.139. The van der Waals surface area contributed by atoms with Gasteiger partial charge in [-0.15, -0.1) is 0 Å². The van der Waals surface area contributed by atoms with Crippen LogP contribution in [0.4, 0.5) is 5.69 Å². The highest BCUT2D eigenvalue weighted by atomic mass is 32.2. The zero-order valence-corrected chi connectivity index (χ0v) is 22.2. The van der Waals surface area contributed by atoms with Crippen molar-refractivity contribution in [3.05, 3.63) is 54.1 Å². The molecule has 2 amide bonds. The first-order chi connectivity index (χ1) is 17.7. The Morgan fingerprint density at radius 3 is 2.35 bits per heavy atom. The van der Waals surface area contributed by atoms with Gasteiger partial charge in [0, 0.05) is 18.7 Å². The third kappa shape index (κ3) is 6.94. The van der Waals surface area contributed by atoms with Gasteiger partial charge in [0.1, 0.15) is 25.8 Å². The van der Waals surface area contributed by atoms with E-state index in [1.54, 1.807) is 25.1 Å². The molecule has 1 aliphatic heterocycles. The lowest BCUT2D eigenvalue weighted by Gasteiger charge is -2.33. The van der Waals surface area contributed by atoms with Crippen molar-refractivity contribution in [3.63, 3.8) is 0 Å².